The maximum absolute atomic E-state index is 14.2. The topological polar surface area (TPSA) is 86.7 Å². The summed E-state index contributed by atoms with van der Waals surface area (Å²) in [4.78, 5) is 18.6. The van der Waals surface area contributed by atoms with Gasteiger partial charge in [0, 0.05) is 18.6 Å². The van der Waals surface area contributed by atoms with Crippen LogP contribution in [-0.4, -0.2) is 41.6 Å². The molecule has 0 fully saturated rings. The van der Waals surface area contributed by atoms with Crippen LogP contribution in [0.4, 0.5) is 10.1 Å². The Morgan fingerprint density at radius 3 is 2.65 bits per heavy atom. The number of carbonyl (C=O) groups is 1. The number of rotatable bonds is 4. The van der Waals surface area contributed by atoms with Crippen LogP contribution in [0.5, 0.6) is 17.4 Å². The number of fused-ring (bicyclic) bond motifs is 3. The second-order valence-corrected chi connectivity index (χ2v) is 7.35. The van der Waals surface area contributed by atoms with E-state index in [0.717, 1.165) is 0 Å². The molecule has 4 rings (SSSR count). The van der Waals surface area contributed by atoms with Crippen molar-refractivity contribution in [2.24, 2.45) is 0 Å². The highest BCUT2D eigenvalue weighted by atomic mass is 32.2. The second kappa shape index (κ2) is 8.38. The standard InChI is InChI=1S/C21H19FN4O4S/c1-11(27)26-16-8-5-12(22)9-15(16)18-19(23-21(31-4)25-24-18)30-20(26)14-7-6-13(28-2)10-17(14)29-3/h5-10,20H,1-4H3. The normalized spacial score (nSPS) is 14.7. The highest BCUT2D eigenvalue weighted by Crippen LogP contribution is 2.45. The number of aromatic nitrogens is 3. The van der Waals surface area contributed by atoms with Gasteiger partial charge < -0.3 is 14.2 Å². The number of carbonyl (C=O) groups excluding carboxylic acids is 1. The minimum Gasteiger partial charge on any atom is -0.497 e. The van der Waals surface area contributed by atoms with Crippen LogP contribution in [0.25, 0.3) is 11.3 Å². The minimum atomic E-state index is -0.949. The zero-order chi connectivity index (χ0) is 22.1. The summed E-state index contributed by atoms with van der Waals surface area (Å²) < 4.78 is 31.2. The molecule has 2 heterocycles. The van der Waals surface area contributed by atoms with E-state index in [2.05, 4.69) is 15.2 Å². The van der Waals surface area contributed by atoms with E-state index in [9.17, 15) is 9.18 Å². The summed E-state index contributed by atoms with van der Waals surface area (Å²) in [5.41, 5.74) is 1.58. The largest absolute Gasteiger partial charge is 0.497 e. The van der Waals surface area contributed by atoms with Crippen molar-refractivity contribution in [1.29, 1.82) is 0 Å². The van der Waals surface area contributed by atoms with E-state index in [1.54, 1.807) is 31.6 Å². The van der Waals surface area contributed by atoms with Crippen LogP contribution in [-0.2, 0) is 4.79 Å². The molecule has 8 nitrogen and oxygen atoms in total. The maximum atomic E-state index is 14.2. The first-order chi connectivity index (χ1) is 15.0. The summed E-state index contributed by atoms with van der Waals surface area (Å²) in [6, 6.07) is 9.26. The van der Waals surface area contributed by atoms with Gasteiger partial charge in [0.25, 0.3) is 0 Å². The summed E-state index contributed by atoms with van der Waals surface area (Å²) in [5, 5.41) is 8.65. The molecule has 31 heavy (non-hydrogen) atoms. The second-order valence-electron chi connectivity index (χ2n) is 6.58. The molecular formula is C21H19FN4O4S. The number of amides is 1. The number of anilines is 1. The van der Waals surface area contributed by atoms with E-state index in [1.165, 1.54) is 48.9 Å². The van der Waals surface area contributed by atoms with Crippen molar-refractivity contribution < 1.29 is 23.4 Å². The molecule has 0 radical (unpaired) electrons. The lowest BCUT2D eigenvalue weighted by molar-refractivity contribution is -0.118. The van der Waals surface area contributed by atoms with Crippen LogP contribution in [0.3, 0.4) is 0 Å². The Labute approximate surface area is 182 Å². The Morgan fingerprint density at radius 1 is 1.16 bits per heavy atom. The molecule has 10 heteroatoms. The molecule has 2 aromatic carbocycles. The third-order valence-electron chi connectivity index (χ3n) is 4.79. The lowest BCUT2D eigenvalue weighted by Gasteiger charge is -2.30. The van der Waals surface area contributed by atoms with E-state index in [0.29, 0.717) is 33.5 Å². The molecule has 0 N–H and O–H groups in total. The molecule has 0 spiro atoms. The molecule has 1 amide bonds. The van der Waals surface area contributed by atoms with E-state index >= 15 is 0 Å². The van der Waals surface area contributed by atoms with Gasteiger partial charge in [-0.2, -0.15) is 4.98 Å². The monoisotopic (exact) mass is 442 g/mol. The number of thioether (sulfide) groups is 1. The number of hydrogen-bond acceptors (Lipinski definition) is 8. The van der Waals surface area contributed by atoms with E-state index in [1.807, 2.05) is 0 Å². The summed E-state index contributed by atoms with van der Waals surface area (Å²) in [6.07, 6.45) is 0.856. The quantitative estimate of drug-likeness (QED) is 0.563. The average Bonchev–Trinajstić information content (AvgIpc) is 2.92. The van der Waals surface area contributed by atoms with Crippen LogP contribution < -0.4 is 19.1 Å². The molecule has 1 aliphatic rings. The highest BCUT2D eigenvalue weighted by Gasteiger charge is 2.36. The first-order valence-corrected chi connectivity index (χ1v) is 10.5. The van der Waals surface area contributed by atoms with E-state index < -0.39 is 12.0 Å². The van der Waals surface area contributed by atoms with Crippen molar-refractivity contribution in [2.45, 2.75) is 18.3 Å². The van der Waals surface area contributed by atoms with Crippen molar-refractivity contribution in [1.82, 2.24) is 15.2 Å². The number of hydrogen-bond donors (Lipinski definition) is 0. The molecule has 3 aromatic rings. The molecular weight excluding hydrogens is 423 g/mol. The number of benzene rings is 2. The molecule has 1 aliphatic heterocycles. The summed E-state index contributed by atoms with van der Waals surface area (Å²) >= 11 is 1.29. The zero-order valence-corrected chi connectivity index (χ0v) is 18.1. The van der Waals surface area contributed by atoms with Crippen molar-refractivity contribution in [3.63, 3.8) is 0 Å². The molecule has 0 saturated heterocycles. The van der Waals surface area contributed by atoms with Crippen LogP contribution >= 0.6 is 11.8 Å². The minimum absolute atomic E-state index is 0.137. The zero-order valence-electron chi connectivity index (χ0n) is 17.2. The predicted molar refractivity (Wildman–Crippen MR) is 113 cm³/mol. The molecule has 0 bridgehead atoms. The molecule has 0 saturated carbocycles. The van der Waals surface area contributed by atoms with Crippen LogP contribution in [0.1, 0.15) is 18.7 Å². The smallest absolute Gasteiger partial charge is 0.247 e. The Bertz CT molecular complexity index is 1160. The lowest BCUT2D eigenvalue weighted by Crippen LogP contribution is -2.36. The number of nitrogens with zero attached hydrogens (tertiary/aromatic N) is 4. The average molecular weight is 442 g/mol. The van der Waals surface area contributed by atoms with Crippen molar-refractivity contribution in [3.8, 4) is 28.6 Å². The first kappa shape index (κ1) is 20.9. The van der Waals surface area contributed by atoms with Gasteiger partial charge in [-0.05, 0) is 36.6 Å². The summed E-state index contributed by atoms with van der Waals surface area (Å²) in [5.74, 6) is 0.374. The van der Waals surface area contributed by atoms with Crippen LogP contribution in [0.2, 0.25) is 0 Å². The number of ether oxygens (including phenoxy) is 3. The molecule has 160 valence electrons. The van der Waals surface area contributed by atoms with Crippen LogP contribution in [0, 0.1) is 5.82 Å². The Kier molecular flexibility index (Phi) is 5.64. The van der Waals surface area contributed by atoms with Crippen molar-refractivity contribution >= 4 is 23.4 Å². The fourth-order valence-corrected chi connectivity index (χ4v) is 3.68. The lowest BCUT2D eigenvalue weighted by atomic mass is 10.1. The first-order valence-electron chi connectivity index (χ1n) is 9.23. The summed E-state index contributed by atoms with van der Waals surface area (Å²) in [7, 11) is 3.06. The van der Waals surface area contributed by atoms with Gasteiger partial charge in [0.2, 0.25) is 23.2 Å². The fraction of sp³-hybridized carbons (Fsp3) is 0.238. The van der Waals surface area contributed by atoms with Gasteiger partial charge in [0.1, 0.15) is 17.3 Å². The Hall–Kier alpha value is -3.40. The van der Waals surface area contributed by atoms with Crippen molar-refractivity contribution in [3.05, 3.63) is 47.8 Å². The molecule has 1 atom stereocenters. The van der Waals surface area contributed by atoms with Gasteiger partial charge in [-0.1, -0.05) is 11.8 Å². The Morgan fingerprint density at radius 2 is 1.97 bits per heavy atom. The maximum Gasteiger partial charge on any atom is 0.247 e. The fourth-order valence-electron chi connectivity index (χ4n) is 3.39. The number of halogens is 1. The van der Waals surface area contributed by atoms with Gasteiger partial charge >= 0.3 is 0 Å². The summed E-state index contributed by atoms with van der Waals surface area (Å²) in [6.45, 7) is 1.40. The van der Waals surface area contributed by atoms with Gasteiger partial charge in [0.15, 0.2) is 5.69 Å². The van der Waals surface area contributed by atoms with Gasteiger partial charge in [0.05, 0.1) is 25.5 Å². The van der Waals surface area contributed by atoms with Gasteiger partial charge in [-0.3, -0.25) is 9.69 Å². The van der Waals surface area contributed by atoms with E-state index in [4.69, 9.17) is 14.2 Å². The van der Waals surface area contributed by atoms with E-state index in [-0.39, 0.29) is 17.5 Å². The molecule has 1 unspecified atom stereocenters. The third-order valence-corrected chi connectivity index (χ3v) is 5.33. The predicted octanol–water partition coefficient (Wildman–Crippen LogP) is 3.86. The van der Waals surface area contributed by atoms with Crippen LogP contribution in [0.15, 0.2) is 41.6 Å². The van der Waals surface area contributed by atoms with Crippen molar-refractivity contribution in [2.75, 3.05) is 25.4 Å². The van der Waals surface area contributed by atoms with Gasteiger partial charge in [-0.15, -0.1) is 10.2 Å². The molecule has 0 aliphatic carbocycles. The highest BCUT2D eigenvalue weighted by molar-refractivity contribution is 7.98. The number of methoxy groups -OCH3 is 2. The molecule has 1 aromatic heterocycles. The Balaban J connectivity index is 2.00. The SMILES string of the molecule is COc1ccc(C2Oc3nc(SC)nnc3-c3cc(F)ccc3N2C(C)=O)c(OC)c1. The van der Waals surface area contributed by atoms with Gasteiger partial charge in [-0.25, -0.2) is 4.39 Å². The third kappa shape index (κ3) is 3.74.